The summed E-state index contributed by atoms with van der Waals surface area (Å²) in [6, 6.07) is 18.6. The standard InChI is InChI=1S/C26H24N4O3/c1-33-23-15-18(26(32)30-14-5-4-8-17-7-2-3-11-22(17)30)12-13-20(23)25(31)28-21-10-6-9-19-16-27-29-24(19)21/h2-3,6-7,9-13,15-16H,4-5,8,14H2,1H3,(H,27,29)(H,28,31). The SMILES string of the molecule is COc1cc(C(=O)N2CCCCc3ccccc32)ccc1C(=O)Nc1cccc2cn[nH]c12. The number of aromatic nitrogens is 2. The summed E-state index contributed by atoms with van der Waals surface area (Å²) >= 11 is 0. The summed E-state index contributed by atoms with van der Waals surface area (Å²) in [5, 5.41) is 10.7. The molecular formula is C26H24N4O3. The molecule has 5 rings (SSSR count). The van der Waals surface area contributed by atoms with Gasteiger partial charge in [0.25, 0.3) is 11.8 Å². The van der Waals surface area contributed by atoms with Gasteiger partial charge in [0, 0.05) is 23.2 Å². The van der Waals surface area contributed by atoms with E-state index in [1.165, 1.54) is 12.7 Å². The lowest BCUT2D eigenvalue weighted by Gasteiger charge is -2.23. The molecule has 1 aromatic heterocycles. The number of methoxy groups -OCH3 is 1. The number of hydrogen-bond acceptors (Lipinski definition) is 4. The number of ether oxygens (including phenoxy) is 1. The number of carbonyl (C=O) groups is 2. The van der Waals surface area contributed by atoms with Crippen molar-refractivity contribution in [3.05, 3.63) is 83.6 Å². The number of H-pyrrole nitrogens is 1. The molecule has 1 aliphatic heterocycles. The number of hydrogen-bond donors (Lipinski definition) is 2. The molecule has 0 saturated heterocycles. The second-order valence-corrected chi connectivity index (χ2v) is 8.05. The number of benzene rings is 3. The van der Waals surface area contributed by atoms with Crippen molar-refractivity contribution in [1.29, 1.82) is 0 Å². The number of fused-ring (bicyclic) bond motifs is 2. The summed E-state index contributed by atoms with van der Waals surface area (Å²) in [7, 11) is 1.50. The largest absolute Gasteiger partial charge is 0.496 e. The highest BCUT2D eigenvalue weighted by Crippen LogP contribution is 2.29. The predicted octanol–water partition coefficient (Wildman–Crippen LogP) is 4.81. The van der Waals surface area contributed by atoms with Crippen molar-refractivity contribution in [3.63, 3.8) is 0 Å². The second kappa shape index (κ2) is 8.78. The van der Waals surface area contributed by atoms with Crippen LogP contribution in [0.15, 0.2) is 66.9 Å². The Morgan fingerprint density at radius 1 is 1.06 bits per heavy atom. The highest BCUT2D eigenvalue weighted by molar-refractivity contribution is 6.11. The molecule has 0 bridgehead atoms. The zero-order valence-corrected chi connectivity index (χ0v) is 18.3. The molecule has 0 fully saturated rings. The molecule has 0 radical (unpaired) electrons. The van der Waals surface area contributed by atoms with Gasteiger partial charge in [-0.25, -0.2) is 0 Å². The van der Waals surface area contributed by atoms with Crippen molar-refractivity contribution >= 4 is 34.1 Å². The first-order valence-corrected chi connectivity index (χ1v) is 11.0. The number of aromatic amines is 1. The summed E-state index contributed by atoms with van der Waals surface area (Å²) < 4.78 is 5.50. The van der Waals surface area contributed by atoms with E-state index in [1.54, 1.807) is 30.5 Å². The fourth-order valence-electron chi connectivity index (χ4n) is 4.33. The van der Waals surface area contributed by atoms with Crippen molar-refractivity contribution in [2.75, 3.05) is 23.9 Å². The van der Waals surface area contributed by atoms with E-state index in [0.29, 0.717) is 29.1 Å². The maximum Gasteiger partial charge on any atom is 0.259 e. The van der Waals surface area contributed by atoms with Gasteiger partial charge in [0.15, 0.2) is 0 Å². The highest BCUT2D eigenvalue weighted by atomic mass is 16.5. The summed E-state index contributed by atoms with van der Waals surface area (Å²) in [6.07, 6.45) is 4.65. The number of para-hydroxylation sites is 2. The van der Waals surface area contributed by atoms with Gasteiger partial charge in [-0.1, -0.05) is 30.3 Å². The summed E-state index contributed by atoms with van der Waals surface area (Å²) in [5.41, 5.74) is 4.33. The van der Waals surface area contributed by atoms with Crippen LogP contribution in [0.3, 0.4) is 0 Å². The van der Waals surface area contributed by atoms with Crippen molar-refractivity contribution in [2.45, 2.75) is 19.3 Å². The molecule has 2 N–H and O–H groups in total. The molecular weight excluding hydrogens is 416 g/mol. The molecule has 2 heterocycles. The quantitative estimate of drug-likeness (QED) is 0.477. The third-order valence-corrected chi connectivity index (χ3v) is 6.02. The number of nitrogens with one attached hydrogen (secondary N) is 2. The summed E-state index contributed by atoms with van der Waals surface area (Å²) in [6.45, 7) is 0.661. The normalized spacial score (nSPS) is 13.3. The Balaban J connectivity index is 1.43. The third-order valence-electron chi connectivity index (χ3n) is 6.02. The topological polar surface area (TPSA) is 87.3 Å². The summed E-state index contributed by atoms with van der Waals surface area (Å²) in [4.78, 5) is 28.3. The maximum absolute atomic E-state index is 13.4. The zero-order valence-electron chi connectivity index (χ0n) is 18.3. The smallest absolute Gasteiger partial charge is 0.259 e. The Morgan fingerprint density at radius 2 is 1.94 bits per heavy atom. The Bertz CT molecular complexity index is 1340. The average molecular weight is 441 g/mol. The predicted molar refractivity (Wildman–Crippen MR) is 128 cm³/mol. The molecule has 7 heteroatoms. The molecule has 0 aliphatic carbocycles. The molecule has 7 nitrogen and oxygen atoms in total. The lowest BCUT2D eigenvalue weighted by Crippen LogP contribution is -2.31. The first-order chi connectivity index (χ1) is 16.2. The fraction of sp³-hybridized carbons (Fsp3) is 0.192. The van der Waals surface area contributed by atoms with Crippen LogP contribution in [0.5, 0.6) is 5.75 Å². The minimum Gasteiger partial charge on any atom is -0.496 e. The van der Waals surface area contributed by atoms with E-state index in [2.05, 4.69) is 21.6 Å². The molecule has 4 aromatic rings. The van der Waals surface area contributed by atoms with E-state index in [1.807, 2.05) is 35.2 Å². The Labute approximate surface area is 191 Å². The third kappa shape index (κ3) is 3.93. The van der Waals surface area contributed by atoms with Gasteiger partial charge < -0.3 is 15.0 Å². The second-order valence-electron chi connectivity index (χ2n) is 8.05. The van der Waals surface area contributed by atoms with Gasteiger partial charge in [-0.05, 0) is 55.2 Å². The average Bonchev–Trinajstić information content (AvgIpc) is 3.23. The van der Waals surface area contributed by atoms with E-state index in [9.17, 15) is 9.59 Å². The van der Waals surface area contributed by atoms with Gasteiger partial charge in [-0.3, -0.25) is 14.7 Å². The number of carbonyl (C=O) groups excluding carboxylic acids is 2. The van der Waals surface area contributed by atoms with Crippen molar-refractivity contribution < 1.29 is 14.3 Å². The van der Waals surface area contributed by atoms with Crippen LogP contribution in [0, 0.1) is 0 Å². The molecule has 0 atom stereocenters. The molecule has 0 unspecified atom stereocenters. The zero-order chi connectivity index (χ0) is 22.8. The van der Waals surface area contributed by atoms with Crippen LogP contribution >= 0.6 is 0 Å². The van der Waals surface area contributed by atoms with Crippen LogP contribution in [-0.4, -0.2) is 35.7 Å². The van der Waals surface area contributed by atoms with Crippen LogP contribution < -0.4 is 15.0 Å². The van der Waals surface area contributed by atoms with Crippen molar-refractivity contribution in [3.8, 4) is 5.75 Å². The first kappa shape index (κ1) is 20.8. The number of amides is 2. The summed E-state index contributed by atoms with van der Waals surface area (Å²) in [5.74, 6) is -0.0804. The van der Waals surface area contributed by atoms with Gasteiger partial charge in [0.2, 0.25) is 0 Å². The van der Waals surface area contributed by atoms with Gasteiger partial charge in [0.05, 0.1) is 30.1 Å². The van der Waals surface area contributed by atoms with Crippen molar-refractivity contribution in [1.82, 2.24) is 10.2 Å². The van der Waals surface area contributed by atoms with Crippen molar-refractivity contribution in [2.24, 2.45) is 0 Å². The van der Waals surface area contributed by atoms with Gasteiger partial charge in [0.1, 0.15) is 5.75 Å². The van der Waals surface area contributed by atoms with Gasteiger partial charge >= 0.3 is 0 Å². The van der Waals surface area contributed by atoms with E-state index >= 15 is 0 Å². The van der Waals surface area contributed by atoms with Gasteiger partial charge in [-0.15, -0.1) is 0 Å². The van der Waals surface area contributed by atoms with E-state index in [-0.39, 0.29) is 11.8 Å². The van der Waals surface area contributed by atoms with Crippen LogP contribution in [0.4, 0.5) is 11.4 Å². The van der Waals surface area contributed by atoms with Crippen LogP contribution in [-0.2, 0) is 6.42 Å². The van der Waals surface area contributed by atoms with Crippen LogP contribution in [0.1, 0.15) is 39.1 Å². The van der Waals surface area contributed by atoms with E-state index in [0.717, 1.165) is 35.9 Å². The molecule has 0 saturated carbocycles. The lowest BCUT2D eigenvalue weighted by molar-refractivity contribution is 0.0982. The molecule has 3 aromatic carbocycles. The lowest BCUT2D eigenvalue weighted by atomic mass is 10.1. The minimum atomic E-state index is -0.326. The molecule has 0 spiro atoms. The van der Waals surface area contributed by atoms with Crippen LogP contribution in [0.25, 0.3) is 10.9 Å². The maximum atomic E-state index is 13.4. The monoisotopic (exact) mass is 440 g/mol. The highest BCUT2D eigenvalue weighted by Gasteiger charge is 2.24. The van der Waals surface area contributed by atoms with Crippen LogP contribution in [0.2, 0.25) is 0 Å². The molecule has 166 valence electrons. The molecule has 2 amide bonds. The molecule has 1 aliphatic rings. The fourth-order valence-corrected chi connectivity index (χ4v) is 4.33. The number of aryl methyl sites for hydroxylation is 1. The Morgan fingerprint density at radius 3 is 2.82 bits per heavy atom. The van der Waals surface area contributed by atoms with E-state index in [4.69, 9.17) is 4.74 Å². The Hall–Kier alpha value is -4.13. The molecule has 33 heavy (non-hydrogen) atoms. The number of rotatable bonds is 4. The first-order valence-electron chi connectivity index (χ1n) is 11.0. The number of anilines is 2. The Kier molecular flexibility index (Phi) is 5.52. The number of nitrogens with zero attached hydrogens (tertiary/aromatic N) is 2. The minimum absolute atomic E-state index is 0.100. The van der Waals surface area contributed by atoms with Gasteiger partial charge in [-0.2, -0.15) is 5.10 Å². The van der Waals surface area contributed by atoms with E-state index < -0.39 is 0 Å².